The van der Waals surface area contributed by atoms with E-state index in [-0.39, 0.29) is 45.7 Å². The summed E-state index contributed by atoms with van der Waals surface area (Å²) in [4.78, 5) is 51.6. The second kappa shape index (κ2) is 9.33. The van der Waals surface area contributed by atoms with Gasteiger partial charge in [-0.2, -0.15) is 13.2 Å². The van der Waals surface area contributed by atoms with Crippen molar-refractivity contribution in [3.8, 4) is 0 Å². The van der Waals surface area contributed by atoms with Crippen molar-refractivity contribution < 1.29 is 37.1 Å². The number of nitrogens with zero attached hydrogens (tertiary/aromatic N) is 1. The molecule has 0 spiro atoms. The molecule has 1 N–H and O–H groups in total. The maximum atomic E-state index is 13.1. The number of imide groups is 1. The highest BCUT2D eigenvalue weighted by Crippen LogP contribution is 2.59. The average Bonchev–Trinajstić information content (AvgIpc) is 3.47. The van der Waals surface area contributed by atoms with Crippen LogP contribution in [0.15, 0.2) is 48.5 Å². The van der Waals surface area contributed by atoms with Gasteiger partial charge in [0.2, 0.25) is 11.8 Å². The molecule has 6 atom stereocenters. The summed E-state index contributed by atoms with van der Waals surface area (Å²) in [5.74, 6) is -3.68. The van der Waals surface area contributed by atoms with Gasteiger partial charge in [-0.25, -0.2) is 4.79 Å². The highest BCUT2D eigenvalue weighted by molar-refractivity contribution is 6.32. The number of ether oxygens (including phenoxy) is 1. The van der Waals surface area contributed by atoms with E-state index in [2.05, 4.69) is 5.32 Å². The molecule has 1 heterocycles. The summed E-state index contributed by atoms with van der Waals surface area (Å²) in [6, 6.07) is 9.59. The number of amides is 3. The zero-order valence-corrected chi connectivity index (χ0v) is 20.4. The quantitative estimate of drug-likeness (QED) is 0.334. The van der Waals surface area contributed by atoms with Gasteiger partial charge in [0.15, 0.2) is 6.61 Å². The van der Waals surface area contributed by atoms with Crippen LogP contribution in [0.3, 0.4) is 0 Å². The number of alkyl halides is 5. The molecule has 2 bridgehead atoms. The summed E-state index contributed by atoms with van der Waals surface area (Å²) in [5.41, 5.74) is -0.686. The molecule has 2 aromatic rings. The Hall–Kier alpha value is -3.11. The fourth-order valence-electron chi connectivity index (χ4n) is 5.53. The van der Waals surface area contributed by atoms with Gasteiger partial charge in [0, 0.05) is 5.69 Å². The van der Waals surface area contributed by atoms with Gasteiger partial charge in [-0.3, -0.25) is 19.3 Å². The fourth-order valence-corrected chi connectivity index (χ4v) is 6.43. The molecule has 12 heteroatoms. The SMILES string of the molecule is O=C(COC(=O)c1ccc(N2C(=O)[C@@H]3[C@H]4C[C@@H]([C@H](Cl)[C@@H]4Cl)[C@@H]3C2=O)cc1)Nc1cccc(C(F)(F)F)c1. The Kier molecular flexibility index (Phi) is 6.44. The van der Waals surface area contributed by atoms with Crippen LogP contribution in [-0.4, -0.2) is 41.1 Å². The first-order valence-electron chi connectivity index (χ1n) is 11.4. The van der Waals surface area contributed by atoms with Crippen molar-refractivity contribution in [1.29, 1.82) is 0 Å². The van der Waals surface area contributed by atoms with Crippen LogP contribution in [0.5, 0.6) is 0 Å². The zero-order chi connectivity index (χ0) is 26.6. The maximum absolute atomic E-state index is 13.1. The minimum atomic E-state index is -4.57. The van der Waals surface area contributed by atoms with E-state index in [1.54, 1.807) is 0 Å². The van der Waals surface area contributed by atoms with Crippen LogP contribution >= 0.6 is 23.2 Å². The van der Waals surface area contributed by atoms with E-state index in [4.69, 9.17) is 27.9 Å². The minimum absolute atomic E-state index is 0.0524. The molecule has 1 saturated heterocycles. The molecule has 194 valence electrons. The van der Waals surface area contributed by atoms with Crippen LogP contribution in [0, 0.1) is 23.7 Å². The molecule has 3 fully saturated rings. The summed E-state index contributed by atoms with van der Waals surface area (Å²) < 4.78 is 43.4. The lowest BCUT2D eigenvalue weighted by molar-refractivity contribution is -0.137. The number of carbonyl (C=O) groups excluding carboxylic acids is 4. The third-order valence-corrected chi connectivity index (χ3v) is 8.48. The summed E-state index contributed by atoms with van der Waals surface area (Å²) in [6.45, 7) is -0.731. The smallest absolute Gasteiger partial charge is 0.416 e. The average molecular weight is 555 g/mol. The van der Waals surface area contributed by atoms with Crippen molar-refractivity contribution >= 4 is 58.3 Å². The van der Waals surface area contributed by atoms with Gasteiger partial charge in [-0.15, -0.1) is 23.2 Å². The predicted molar refractivity (Wildman–Crippen MR) is 127 cm³/mol. The van der Waals surface area contributed by atoms with Gasteiger partial charge >= 0.3 is 12.1 Å². The number of hydrogen-bond acceptors (Lipinski definition) is 5. The first-order valence-corrected chi connectivity index (χ1v) is 12.2. The van der Waals surface area contributed by atoms with Crippen LogP contribution in [0.4, 0.5) is 24.5 Å². The van der Waals surface area contributed by atoms with Crippen LogP contribution < -0.4 is 10.2 Å². The van der Waals surface area contributed by atoms with Crippen molar-refractivity contribution in [2.24, 2.45) is 23.7 Å². The summed E-state index contributed by atoms with van der Waals surface area (Å²) >= 11 is 12.7. The molecule has 37 heavy (non-hydrogen) atoms. The zero-order valence-electron chi connectivity index (χ0n) is 18.9. The Morgan fingerprint density at radius 1 is 0.973 bits per heavy atom. The molecule has 1 aliphatic heterocycles. The first kappa shape index (κ1) is 25.5. The molecule has 5 rings (SSSR count). The molecule has 2 aromatic carbocycles. The molecule has 3 amide bonds. The molecule has 7 nitrogen and oxygen atoms in total. The Morgan fingerprint density at radius 3 is 2.14 bits per heavy atom. The molecule has 3 aliphatic rings. The summed E-state index contributed by atoms with van der Waals surface area (Å²) in [7, 11) is 0. The van der Waals surface area contributed by atoms with Gasteiger partial charge in [-0.05, 0) is 60.7 Å². The molecule has 2 aliphatic carbocycles. The number of carbonyl (C=O) groups is 4. The number of hydrogen-bond donors (Lipinski definition) is 1. The minimum Gasteiger partial charge on any atom is -0.452 e. The lowest BCUT2D eigenvalue weighted by atomic mass is 9.80. The van der Waals surface area contributed by atoms with Gasteiger partial charge in [0.25, 0.3) is 5.91 Å². The fraction of sp³-hybridized carbons (Fsp3) is 0.360. The van der Waals surface area contributed by atoms with Crippen LogP contribution in [0.1, 0.15) is 22.3 Å². The van der Waals surface area contributed by atoms with E-state index >= 15 is 0 Å². The lowest BCUT2D eigenvalue weighted by Crippen LogP contribution is -2.37. The summed E-state index contributed by atoms with van der Waals surface area (Å²) in [6.07, 6.45) is -3.92. The molecule has 0 unspecified atom stereocenters. The van der Waals surface area contributed by atoms with Crippen LogP contribution in [0.25, 0.3) is 0 Å². The largest absolute Gasteiger partial charge is 0.452 e. The number of fused-ring (bicyclic) bond motifs is 5. The van der Waals surface area contributed by atoms with Crippen molar-refractivity contribution in [3.63, 3.8) is 0 Å². The van der Waals surface area contributed by atoms with Gasteiger partial charge in [-0.1, -0.05) is 6.07 Å². The predicted octanol–water partition coefficient (Wildman–Crippen LogP) is 4.47. The van der Waals surface area contributed by atoms with Gasteiger partial charge < -0.3 is 10.1 Å². The Labute approximate surface area is 218 Å². The van der Waals surface area contributed by atoms with E-state index in [0.29, 0.717) is 12.1 Å². The van der Waals surface area contributed by atoms with E-state index in [0.717, 1.165) is 23.1 Å². The van der Waals surface area contributed by atoms with E-state index in [1.165, 1.54) is 30.3 Å². The van der Waals surface area contributed by atoms with Crippen LogP contribution in [-0.2, 0) is 25.3 Å². The van der Waals surface area contributed by atoms with Crippen LogP contribution in [0.2, 0.25) is 0 Å². The molecular weight excluding hydrogens is 536 g/mol. The van der Waals surface area contributed by atoms with E-state index < -0.39 is 42.1 Å². The molecule has 2 saturated carbocycles. The number of nitrogens with one attached hydrogen (secondary N) is 1. The Morgan fingerprint density at radius 2 is 1.57 bits per heavy atom. The van der Waals surface area contributed by atoms with Gasteiger partial charge in [0.1, 0.15) is 0 Å². The second-order valence-electron chi connectivity index (χ2n) is 9.27. The topological polar surface area (TPSA) is 92.8 Å². The standard InChI is InChI=1S/C25H19Cl2F3N2O5/c26-20-15-9-16(21(20)27)19-18(15)22(34)32(23(19)35)14-6-4-11(5-7-14)24(36)37-10-17(33)31-13-3-1-2-12(8-13)25(28,29)30/h1-8,15-16,18-21H,9-10H2,(H,31,33)/t15-,16-,18-,19+,20-,21+/m1/s1. The number of rotatable bonds is 5. The normalized spacial score (nSPS) is 28.4. The van der Waals surface area contributed by atoms with Gasteiger partial charge in [0.05, 0.1) is 39.4 Å². The number of anilines is 2. The Balaban J connectivity index is 1.20. The van der Waals surface area contributed by atoms with E-state index in [9.17, 15) is 32.3 Å². The molecular formula is C25H19Cl2F3N2O5. The number of esters is 1. The third-order valence-electron chi connectivity index (χ3n) is 7.16. The van der Waals surface area contributed by atoms with Crippen molar-refractivity contribution in [1.82, 2.24) is 0 Å². The third kappa shape index (κ3) is 4.46. The van der Waals surface area contributed by atoms with E-state index in [1.807, 2.05) is 0 Å². The number of halogens is 5. The maximum Gasteiger partial charge on any atom is 0.416 e. The molecule has 0 aromatic heterocycles. The summed E-state index contributed by atoms with van der Waals surface area (Å²) in [5, 5.41) is 1.50. The second-order valence-corrected chi connectivity index (χ2v) is 10.3. The highest BCUT2D eigenvalue weighted by atomic mass is 35.5. The lowest BCUT2D eigenvalue weighted by Gasteiger charge is -2.28. The molecule has 0 radical (unpaired) electrons. The number of benzene rings is 2. The van der Waals surface area contributed by atoms with Crippen molar-refractivity contribution in [3.05, 3.63) is 59.7 Å². The van der Waals surface area contributed by atoms with Crippen molar-refractivity contribution in [2.45, 2.75) is 23.4 Å². The Bertz CT molecular complexity index is 1250. The highest BCUT2D eigenvalue weighted by Gasteiger charge is 2.66. The first-order chi connectivity index (χ1) is 17.5. The monoisotopic (exact) mass is 554 g/mol. The van der Waals surface area contributed by atoms with Crippen molar-refractivity contribution in [2.75, 3.05) is 16.8 Å².